The molecule has 0 aliphatic heterocycles. The number of hydrogen-bond donors (Lipinski definition) is 2. The maximum atomic E-state index is 9.95. The van der Waals surface area contributed by atoms with Gasteiger partial charge in [-0.15, -0.1) is 10.2 Å². The van der Waals surface area contributed by atoms with Gasteiger partial charge in [-0.2, -0.15) is 4.80 Å². The van der Waals surface area contributed by atoms with Crippen LogP contribution < -0.4 is 5.32 Å². The molecule has 1 amide bonds. The first-order chi connectivity index (χ1) is 5.29. The van der Waals surface area contributed by atoms with E-state index >= 15 is 0 Å². The van der Waals surface area contributed by atoms with Crippen molar-refractivity contribution in [2.45, 2.75) is 6.54 Å². The van der Waals surface area contributed by atoms with Gasteiger partial charge in [0.1, 0.15) is 0 Å². The smallest absolute Gasteiger partial charge is 0.404 e. The second-order valence-corrected chi connectivity index (χ2v) is 1.76. The summed E-state index contributed by atoms with van der Waals surface area (Å²) in [5.74, 6) is 0. The molecule has 0 spiro atoms. The minimum absolute atomic E-state index is 0.283. The summed E-state index contributed by atoms with van der Waals surface area (Å²) in [7, 11) is 0. The molecule has 1 rings (SSSR count). The van der Waals surface area contributed by atoms with Gasteiger partial charge in [0.15, 0.2) is 6.33 Å². The summed E-state index contributed by atoms with van der Waals surface area (Å²) in [5, 5.41) is 21.0. The van der Waals surface area contributed by atoms with Crippen LogP contribution in [0.1, 0.15) is 0 Å². The molecule has 7 nitrogen and oxygen atoms in total. The highest BCUT2D eigenvalue weighted by Gasteiger charge is 1.94. The van der Waals surface area contributed by atoms with E-state index in [-0.39, 0.29) is 6.54 Å². The van der Waals surface area contributed by atoms with Crippen molar-refractivity contribution in [2.75, 3.05) is 6.54 Å². The van der Waals surface area contributed by atoms with E-state index in [0.717, 1.165) is 0 Å². The van der Waals surface area contributed by atoms with E-state index in [1.54, 1.807) is 0 Å². The lowest BCUT2D eigenvalue weighted by Crippen LogP contribution is -2.25. The lowest BCUT2D eigenvalue weighted by Gasteiger charge is -1.97. The number of amides is 1. The van der Waals surface area contributed by atoms with Crippen LogP contribution in [0.2, 0.25) is 0 Å². The minimum atomic E-state index is -1.05. The summed E-state index contributed by atoms with van der Waals surface area (Å²) >= 11 is 0. The van der Waals surface area contributed by atoms with E-state index in [0.29, 0.717) is 6.54 Å². The summed E-state index contributed by atoms with van der Waals surface area (Å²) in [6.07, 6.45) is 0.242. The van der Waals surface area contributed by atoms with E-state index in [9.17, 15) is 4.79 Å². The predicted molar refractivity (Wildman–Crippen MR) is 33.8 cm³/mol. The Balaban J connectivity index is 2.19. The maximum absolute atomic E-state index is 9.95. The molecule has 0 bridgehead atoms. The molecule has 1 heterocycles. The molecular weight excluding hydrogens is 150 g/mol. The minimum Gasteiger partial charge on any atom is -0.465 e. The van der Waals surface area contributed by atoms with Gasteiger partial charge in [-0.25, -0.2) is 4.79 Å². The van der Waals surface area contributed by atoms with E-state index in [1.165, 1.54) is 11.1 Å². The van der Waals surface area contributed by atoms with Crippen LogP contribution in [0.15, 0.2) is 6.33 Å². The fraction of sp³-hybridized carbons (Fsp3) is 0.500. The lowest BCUT2D eigenvalue weighted by molar-refractivity contribution is 0.193. The van der Waals surface area contributed by atoms with Crippen LogP contribution in [0, 0.1) is 0 Å². The first-order valence-electron chi connectivity index (χ1n) is 2.96. The van der Waals surface area contributed by atoms with Crippen molar-refractivity contribution in [3.05, 3.63) is 6.33 Å². The van der Waals surface area contributed by atoms with Crippen molar-refractivity contribution < 1.29 is 9.90 Å². The summed E-state index contributed by atoms with van der Waals surface area (Å²) < 4.78 is 0. The molecule has 11 heavy (non-hydrogen) atoms. The molecule has 0 saturated heterocycles. The average Bonchev–Trinajstić information content (AvgIpc) is 2.39. The SMILES string of the molecule is O=C(O)NCCn1ncnn1. The number of hydrogen-bond acceptors (Lipinski definition) is 4. The first-order valence-corrected chi connectivity index (χ1v) is 2.96. The zero-order valence-electron chi connectivity index (χ0n) is 5.64. The van der Waals surface area contributed by atoms with Gasteiger partial charge in [0, 0.05) is 6.54 Å². The van der Waals surface area contributed by atoms with Crippen LogP contribution in [0.25, 0.3) is 0 Å². The lowest BCUT2D eigenvalue weighted by atomic mass is 10.6. The third-order valence-corrected chi connectivity index (χ3v) is 0.979. The molecule has 7 heteroatoms. The van der Waals surface area contributed by atoms with E-state index in [4.69, 9.17) is 5.11 Å². The summed E-state index contributed by atoms with van der Waals surface area (Å²) in [5.41, 5.74) is 0. The van der Waals surface area contributed by atoms with E-state index < -0.39 is 6.09 Å². The third kappa shape index (κ3) is 2.61. The number of rotatable bonds is 3. The third-order valence-electron chi connectivity index (χ3n) is 0.979. The van der Waals surface area contributed by atoms with Crippen LogP contribution in [0.4, 0.5) is 4.79 Å². The predicted octanol–water partition coefficient (Wildman–Crippen LogP) is -1.06. The van der Waals surface area contributed by atoms with E-state index in [2.05, 4.69) is 20.7 Å². The molecule has 60 valence electrons. The molecule has 2 N–H and O–H groups in total. The Labute approximate surface area is 62.0 Å². The number of carboxylic acid groups (broad SMARTS) is 1. The van der Waals surface area contributed by atoms with Gasteiger partial charge in [0.25, 0.3) is 0 Å². The second kappa shape index (κ2) is 3.49. The van der Waals surface area contributed by atoms with Crippen LogP contribution in [0.3, 0.4) is 0 Å². The molecule has 1 aromatic rings. The van der Waals surface area contributed by atoms with Crippen molar-refractivity contribution in [3.8, 4) is 0 Å². The van der Waals surface area contributed by atoms with Gasteiger partial charge < -0.3 is 10.4 Å². The zero-order valence-corrected chi connectivity index (χ0v) is 5.64. The van der Waals surface area contributed by atoms with Gasteiger partial charge in [-0.05, 0) is 5.21 Å². The molecule has 0 fully saturated rings. The standard InChI is InChI=1S/C4H7N5O2/c10-4(11)5-1-2-9-7-3-6-8-9/h3,5H,1-2H2,(H,10,11). The van der Waals surface area contributed by atoms with E-state index in [1.807, 2.05) is 0 Å². The molecule has 0 aromatic carbocycles. The van der Waals surface area contributed by atoms with Crippen LogP contribution in [-0.2, 0) is 6.54 Å². The van der Waals surface area contributed by atoms with Crippen LogP contribution in [0.5, 0.6) is 0 Å². The number of aromatic nitrogens is 4. The number of tetrazole rings is 1. The molecule has 0 radical (unpaired) electrons. The fourth-order valence-electron chi connectivity index (χ4n) is 0.554. The van der Waals surface area contributed by atoms with Crippen molar-refractivity contribution >= 4 is 6.09 Å². The zero-order chi connectivity index (χ0) is 8.10. The van der Waals surface area contributed by atoms with Crippen LogP contribution >= 0.6 is 0 Å². The first kappa shape index (κ1) is 7.45. The van der Waals surface area contributed by atoms with Gasteiger partial charge in [-0.1, -0.05) is 0 Å². The molecule has 0 saturated carbocycles. The summed E-state index contributed by atoms with van der Waals surface area (Å²) in [4.78, 5) is 11.3. The molecule has 1 aromatic heterocycles. The molecular formula is C4H7N5O2. The Morgan fingerprint density at radius 1 is 1.73 bits per heavy atom. The Kier molecular flexibility index (Phi) is 2.37. The molecule has 0 aliphatic carbocycles. The molecule has 0 unspecified atom stereocenters. The van der Waals surface area contributed by atoms with Crippen LogP contribution in [-0.4, -0.2) is 38.0 Å². The van der Waals surface area contributed by atoms with Crippen molar-refractivity contribution in [2.24, 2.45) is 0 Å². The Bertz CT molecular complexity index is 220. The molecule has 0 atom stereocenters. The topological polar surface area (TPSA) is 92.9 Å². The Hall–Kier alpha value is -1.66. The van der Waals surface area contributed by atoms with Crippen molar-refractivity contribution in [1.82, 2.24) is 25.5 Å². The largest absolute Gasteiger partial charge is 0.465 e. The maximum Gasteiger partial charge on any atom is 0.404 e. The highest BCUT2D eigenvalue weighted by atomic mass is 16.4. The number of nitrogens with zero attached hydrogens (tertiary/aromatic N) is 4. The Morgan fingerprint density at radius 3 is 3.09 bits per heavy atom. The quantitative estimate of drug-likeness (QED) is 0.583. The summed E-state index contributed by atoms with van der Waals surface area (Å²) in [6.45, 7) is 0.679. The van der Waals surface area contributed by atoms with Gasteiger partial charge in [0.2, 0.25) is 0 Å². The highest BCUT2D eigenvalue weighted by molar-refractivity contribution is 5.64. The van der Waals surface area contributed by atoms with Gasteiger partial charge >= 0.3 is 6.09 Å². The van der Waals surface area contributed by atoms with Crippen molar-refractivity contribution in [3.63, 3.8) is 0 Å². The van der Waals surface area contributed by atoms with Crippen molar-refractivity contribution in [1.29, 1.82) is 0 Å². The normalized spacial score (nSPS) is 9.45. The average molecular weight is 157 g/mol. The number of carbonyl (C=O) groups is 1. The number of nitrogens with one attached hydrogen (secondary N) is 1. The Morgan fingerprint density at radius 2 is 2.55 bits per heavy atom. The fourth-order valence-corrected chi connectivity index (χ4v) is 0.554. The highest BCUT2D eigenvalue weighted by Crippen LogP contribution is 1.72. The second-order valence-electron chi connectivity index (χ2n) is 1.76. The summed E-state index contributed by atoms with van der Waals surface area (Å²) in [6, 6.07) is 0. The monoisotopic (exact) mass is 157 g/mol. The molecule has 0 aliphatic rings. The van der Waals surface area contributed by atoms with Gasteiger partial charge in [-0.3, -0.25) is 0 Å². The van der Waals surface area contributed by atoms with Gasteiger partial charge in [0.05, 0.1) is 6.54 Å².